The molecule has 0 spiro atoms. The fourth-order valence-electron chi connectivity index (χ4n) is 2.32. The summed E-state index contributed by atoms with van der Waals surface area (Å²) in [7, 11) is 0. The molecule has 0 atom stereocenters. The van der Waals surface area contributed by atoms with E-state index >= 15 is 0 Å². The lowest BCUT2D eigenvalue weighted by atomic mass is 10.3. The number of halogens is 3. The van der Waals surface area contributed by atoms with Crippen molar-refractivity contribution < 1.29 is 17.9 Å². The van der Waals surface area contributed by atoms with E-state index in [4.69, 9.17) is 10.5 Å². The Balaban J connectivity index is 1.66. The molecule has 21 heavy (non-hydrogen) atoms. The lowest BCUT2D eigenvalue weighted by Crippen LogP contribution is -2.49. The number of ether oxygens (including phenoxy) is 1. The van der Waals surface area contributed by atoms with Gasteiger partial charge in [0.2, 0.25) is 0 Å². The van der Waals surface area contributed by atoms with Crippen molar-refractivity contribution in [2.75, 3.05) is 51.6 Å². The summed E-state index contributed by atoms with van der Waals surface area (Å²) < 4.78 is 42.4. The molecule has 0 radical (unpaired) electrons. The number of hydrogen-bond acceptors (Lipinski definition) is 4. The molecular weight excluding hydrogens is 283 g/mol. The van der Waals surface area contributed by atoms with Crippen molar-refractivity contribution in [2.24, 2.45) is 0 Å². The second kappa shape index (κ2) is 7.00. The summed E-state index contributed by atoms with van der Waals surface area (Å²) in [5, 5.41) is 0. The fourth-order valence-corrected chi connectivity index (χ4v) is 2.32. The fraction of sp³-hybridized carbons (Fsp3) is 0.571. The molecule has 1 aliphatic heterocycles. The lowest BCUT2D eigenvalue weighted by molar-refractivity contribution is -0.149. The Kier molecular flexibility index (Phi) is 5.30. The number of para-hydroxylation sites is 2. The average molecular weight is 303 g/mol. The first kappa shape index (κ1) is 15.9. The molecule has 0 amide bonds. The van der Waals surface area contributed by atoms with Gasteiger partial charge in [0.05, 0.1) is 12.2 Å². The van der Waals surface area contributed by atoms with Crippen LogP contribution in [0.2, 0.25) is 0 Å². The van der Waals surface area contributed by atoms with Crippen LogP contribution in [0.3, 0.4) is 0 Å². The zero-order valence-electron chi connectivity index (χ0n) is 11.8. The highest BCUT2D eigenvalue weighted by Crippen LogP contribution is 2.20. The van der Waals surface area contributed by atoms with Crippen LogP contribution in [0.1, 0.15) is 0 Å². The molecule has 118 valence electrons. The predicted octanol–water partition coefficient (Wildman–Crippen LogP) is 1.83. The molecule has 1 heterocycles. The molecule has 1 aromatic carbocycles. The number of alkyl halides is 3. The second-order valence-corrected chi connectivity index (χ2v) is 5.12. The van der Waals surface area contributed by atoms with E-state index in [-0.39, 0.29) is 0 Å². The molecule has 0 aromatic heterocycles. The first-order valence-corrected chi connectivity index (χ1v) is 6.93. The minimum absolute atomic E-state index is 0.437. The van der Waals surface area contributed by atoms with Gasteiger partial charge in [-0.1, -0.05) is 12.1 Å². The summed E-state index contributed by atoms with van der Waals surface area (Å²) in [5.74, 6) is 0.646. The van der Waals surface area contributed by atoms with Crippen LogP contribution in [-0.2, 0) is 0 Å². The number of anilines is 1. The van der Waals surface area contributed by atoms with Crippen LogP contribution in [0.5, 0.6) is 5.75 Å². The molecule has 7 heteroatoms. The van der Waals surface area contributed by atoms with Gasteiger partial charge in [-0.05, 0) is 12.1 Å². The van der Waals surface area contributed by atoms with Crippen LogP contribution < -0.4 is 10.5 Å². The molecular formula is C14H20F3N3O. The van der Waals surface area contributed by atoms with Crippen molar-refractivity contribution in [1.29, 1.82) is 0 Å². The number of nitrogens with zero attached hydrogens (tertiary/aromatic N) is 2. The Hall–Kier alpha value is -1.47. The molecule has 1 aromatic rings. The Morgan fingerprint density at radius 1 is 1.05 bits per heavy atom. The lowest BCUT2D eigenvalue weighted by Gasteiger charge is -2.34. The van der Waals surface area contributed by atoms with E-state index < -0.39 is 12.7 Å². The van der Waals surface area contributed by atoms with Gasteiger partial charge < -0.3 is 10.5 Å². The predicted molar refractivity (Wildman–Crippen MR) is 75.3 cm³/mol. The summed E-state index contributed by atoms with van der Waals surface area (Å²) in [6.45, 7) is 2.48. The monoisotopic (exact) mass is 303 g/mol. The summed E-state index contributed by atoms with van der Waals surface area (Å²) >= 11 is 0. The third-order valence-corrected chi connectivity index (χ3v) is 3.45. The maximum Gasteiger partial charge on any atom is 0.401 e. The van der Waals surface area contributed by atoms with Crippen molar-refractivity contribution in [3.63, 3.8) is 0 Å². The molecule has 0 unspecified atom stereocenters. The van der Waals surface area contributed by atoms with Gasteiger partial charge in [-0.3, -0.25) is 9.80 Å². The van der Waals surface area contributed by atoms with Crippen LogP contribution >= 0.6 is 0 Å². The molecule has 2 rings (SSSR count). The Morgan fingerprint density at radius 3 is 2.29 bits per heavy atom. The minimum Gasteiger partial charge on any atom is -0.490 e. The topological polar surface area (TPSA) is 41.7 Å². The molecule has 0 saturated carbocycles. The number of hydrogen-bond donors (Lipinski definition) is 1. The molecule has 1 saturated heterocycles. The maximum absolute atomic E-state index is 12.3. The van der Waals surface area contributed by atoms with E-state index in [0.29, 0.717) is 50.8 Å². The van der Waals surface area contributed by atoms with Gasteiger partial charge in [0.1, 0.15) is 12.4 Å². The summed E-state index contributed by atoms with van der Waals surface area (Å²) in [5.41, 5.74) is 6.36. The quantitative estimate of drug-likeness (QED) is 0.843. The van der Waals surface area contributed by atoms with Crippen molar-refractivity contribution in [3.8, 4) is 5.75 Å². The highest BCUT2D eigenvalue weighted by Gasteiger charge is 2.31. The normalized spacial score (nSPS) is 17.9. The van der Waals surface area contributed by atoms with Crippen molar-refractivity contribution >= 4 is 5.69 Å². The summed E-state index contributed by atoms with van der Waals surface area (Å²) in [6.07, 6.45) is -4.11. The van der Waals surface area contributed by atoms with Gasteiger partial charge in [0, 0.05) is 32.7 Å². The Bertz CT molecular complexity index is 445. The third-order valence-electron chi connectivity index (χ3n) is 3.45. The van der Waals surface area contributed by atoms with E-state index in [9.17, 15) is 13.2 Å². The van der Waals surface area contributed by atoms with E-state index in [2.05, 4.69) is 4.90 Å². The van der Waals surface area contributed by atoms with E-state index in [1.165, 1.54) is 4.90 Å². The van der Waals surface area contributed by atoms with E-state index in [0.717, 1.165) is 0 Å². The van der Waals surface area contributed by atoms with Crippen LogP contribution in [0, 0.1) is 0 Å². The van der Waals surface area contributed by atoms with Crippen LogP contribution in [0.15, 0.2) is 24.3 Å². The smallest absolute Gasteiger partial charge is 0.401 e. The average Bonchev–Trinajstić information content (AvgIpc) is 2.41. The number of benzene rings is 1. The molecule has 1 fully saturated rings. The van der Waals surface area contributed by atoms with Crippen molar-refractivity contribution in [1.82, 2.24) is 9.80 Å². The summed E-state index contributed by atoms with van der Waals surface area (Å²) in [6, 6.07) is 7.26. The van der Waals surface area contributed by atoms with Crippen LogP contribution in [-0.4, -0.2) is 61.9 Å². The molecule has 0 aliphatic carbocycles. The number of piperazine rings is 1. The first-order valence-electron chi connectivity index (χ1n) is 6.93. The van der Waals surface area contributed by atoms with E-state index in [1.807, 2.05) is 12.1 Å². The largest absolute Gasteiger partial charge is 0.490 e. The maximum atomic E-state index is 12.3. The molecule has 2 N–H and O–H groups in total. The first-order chi connectivity index (χ1) is 9.94. The number of rotatable bonds is 5. The second-order valence-electron chi connectivity index (χ2n) is 5.12. The van der Waals surface area contributed by atoms with Crippen LogP contribution in [0.25, 0.3) is 0 Å². The van der Waals surface area contributed by atoms with Gasteiger partial charge in [0.15, 0.2) is 0 Å². The van der Waals surface area contributed by atoms with Crippen LogP contribution in [0.4, 0.5) is 18.9 Å². The highest BCUT2D eigenvalue weighted by atomic mass is 19.4. The summed E-state index contributed by atoms with van der Waals surface area (Å²) in [4.78, 5) is 3.54. The van der Waals surface area contributed by atoms with Crippen molar-refractivity contribution in [2.45, 2.75) is 6.18 Å². The minimum atomic E-state index is -4.11. The third kappa shape index (κ3) is 5.43. The van der Waals surface area contributed by atoms with Gasteiger partial charge >= 0.3 is 6.18 Å². The highest BCUT2D eigenvalue weighted by molar-refractivity contribution is 5.51. The zero-order valence-corrected chi connectivity index (χ0v) is 11.8. The number of nitrogen functional groups attached to an aromatic ring is 1. The van der Waals surface area contributed by atoms with E-state index in [1.54, 1.807) is 12.1 Å². The SMILES string of the molecule is Nc1ccccc1OCCN1CCN(CC(F)(F)F)CC1. The van der Waals surface area contributed by atoms with Gasteiger partial charge in [-0.2, -0.15) is 13.2 Å². The van der Waals surface area contributed by atoms with Gasteiger partial charge in [-0.15, -0.1) is 0 Å². The molecule has 1 aliphatic rings. The Labute approximate surface area is 122 Å². The Morgan fingerprint density at radius 2 is 1.67 bits per heavy atom. The zero-order chi connectivity index (χ0) is 15.3. The standard InChI is InChI=1S/C14H20F3N3O/c15-14(16,17)11-20-7-5-19(6-8-20)9-10-21-13-4-2-1-3-12(13)18/h1-4H,5-11,18H2. The number of nitrogens with two attached hydrogens (primary N) is 1. The molecule has 4 nitrogen and oxygen atoms in total. The van der Waals surface area contributed by atoms with Gasteiger partial charge in [-0.25, -0.2) is 0 Å². The molecule has 0 bridgehead atoms. The van der Waals surface area contributed by atoms with Gasteiger partial charge in [0.25, 0.3) is 0 Å². The van der Waals surface area contributed by atoms with Crippen molar-refractivity contribution in [3.05, 3.63) is 24.3 Å².